The monoisotopic (exact) mass is 437 g/mol. The van der Waals surface area contributed by atoms with Crippen molar-refractivity contribution in [2.45, 2.75) is 19.9 Å². The summed E-state index contributed by atoms with van der Waals surface area (Å²) in [4.78, 5) is 6.62. The average Bonchev–Trinajstić information content (AvgIpc) is 2.99. The number of ether oxygens (including phenoxy) is 1. The second-order valence-electron chi connectivity index (χ2n) is 5.57. The summed E-state index contributed by atoms with van der Waals surface area (Å²) in [5.74, 6) is 0.370. The molecule has 0 bridgehead atoms. The highest BCUT2D eigenvalue weighted by Crippen LogP contribution is 2.17. The Balaban J connectivity index is 0.00000264. The summed E-state index contributed by atoms with van der Waals surface area (Å²) in [6.07, 6.45) is 1.08. The Morgan fingerprint density at radius 1 is 1.52 bits per heavy atom. The molecule has 0 saturated carbocycles. The Hall–Kier alpha value is -1.09. The lowest BCUT2D eigenvalue weighted by atomic mass is 10.1. The number of phenols is 1. The molecule has 1 aliphatic rings. The molecule has 1 aromatic rings. The van der Waals surface area contributed by atoms with Crippen molar-refractivity contribution in [1.82, 2.24) is 10.2 Å². The van der Waals surface area contributed by atoms with Crippen LogP contribution in [-0.2, 0) is 11.3 Å². The van der Waals surface area contributed by atoms with E-state index in [4.69, 9.17) is 4.74 Å². The van der Waals surface area contributed by atoms with Gasteiger partial charge in [-0.2, -0.15) is 0 Å². The molecule has 0 amide bonds. The van der Waals surface area contributed by atoms with E-state index in [1.54, 1.807) is 6.07 Å². The van der Waals surface area contributed by atoms with Crippen molar-refractivity contribution >= 4 is 29.9 Å². The molecule has 1 heterocycles. The average molecular weight is 437 g/mol. The highest BCUT2D eigenvalue weighted by Gasteiger charge is 2.19. The SMILES string of the molecule is CCNC(=NCc1ccc(O)c(F)c1)N(C)CC1CCOC1.I. The predicted molar refractivity (Wildman–Crippen MR) is 99.9 cm³/mol. The number of guanidine groups is 1. The Labute approximate surface area is 153 Å². The number of nitrogens with zero attached hydrogens (tertiary/aromatic N) is 2. The molecule has 0 aliphatic carbocycles. The minimum Gasteiger partial charge on any atom is -0.505 e. The summed E-state index contributed by atoms with van der Waals surface area (Å²) in [5, 5.41) is 12.5. The van der Waals surface area contributed by atoms with Crippen molar-refractivity contribution in [2.75, 3.05) is 33.4 Å². The third-order valence-electron chi connectivity index (χ3n) is 3.68. The summed E-state index contributed by atoms with van der Waals surface area (Å²) in [6, 6.07) is 4.34. The first-order valence-corrected chi connectivity index (χ1v) is 7.64. The highest BCUT2D eigenvalue weighted by molar-refractivity contribution is 14.0. The Bertz CT molecular complexity index is 522. The summed E-state index contributed by atoms with van der Waals surface area (Å²) < 4.78 is 18.7. The number of hydrogen-bond donors (Lipinski definition) is 2. The number of phenolic OH excluding ortho intramolecular Hbond substituents is 1. The van der Waals surface area contributed by atoms with Gasteiger partial charge in [0.05, 0.1) is 13.2 Å². The zero-order valence-corrected chi connectivity index (χ0v) is 15.9. The lowest BCUT2D eigenvalue weighted by molar-refractivity contribution is 0.181. The van der Waals surface area contributed by atoms with E-state index in [1.807, 2.05) is 14.0 Å². The maximum Gasteiger partial charge on any atom is 0.193 e. The van der Waals surface area contributed by atoms with Gasteiger partial charge in [-0.15, -0.1) is 24.0 Å². The van der Waals surface area contributed by atoms with Crippen LogP contribution < -0.4 is 5.32 Å². The van der Waals surface area contributed by atoms with E-state index >= 15 is 0 Å². The number of benzene rings is 1. The van der Waals surface area contributed by atoms with Gasteiger partial charge in [-0.05, 0) is 31.0 Å². The van der Waals surface area contributed by atoms with Crippen LogP contribution in [0.25, 0.3) is 0 Å². The Kier molecular flexibility index (Phi) is 8.60. The molecule has 1 fully saturated rings. The third kappa shape index (κ3) is 6.14. The standard InChI is InChI=1S/C16H24FN3O2.HI/c1-3-18-16(20(2)10-13-6-7-22-11-13)19-9-12-4-5-15(21)14(17)8-12;/h4-5,8,13,21H,3,6-7,9-11H2,1-2H3,(H,18,19);1H. The van der Waals surface area contributed by atoms with Crippen LogP contribution in [-0.4, -0.2) is 49.3 Å². The molecule has 1 aliphatic heterocycles. The quantitative estimate of drug-likeness (QED) is 0.423. The molecule has 7 heteroatoms. The third-order valence-corrected chi connectivity index (χ3v) is 3.68. The number of aliphatic imine (C=N–C) groups is 1. The van der Waals surface area contributed by atoms with Crippen LogP contribution in [0.5, 0.6) is 5.75 Å². The fourth-order valence-electron chi connectivity index (χ4n) is 2.49. The molecule has 1 atom stereocenters. The van der Waals surface area contributed by atoms with E-state index in [0.717, 1.165) is 44.2 Å². The number of nitrogens with one attached hydrogen (secondary N) is 1. The second-order valence-corrected chi connectivity index (χ2v) is 5.57. The van der Waals surface area contributed by atoms with Crippen molar-refractivity contribution in [3.05, 3.63) is 29.6 Å². The molecule has 2 rings (SSSR count). The minimum absolute atomic E-state index is 0. The molecule has 23 heavy (non-hydrogen) atoms. The zero-order chi connectivity index (χ0) is 15.9. The minimum atomic E-state index is -0.617. The smallest absolute Gasteiger partial charge is 0.193 e. The van der Waals surface area contributed by atoms with E-state index < -0.39 is 5.82 Å². The van der Waals surface area contributed by atoms with Gasteiger partial charge in [0.1, 0.15) is 0 Å². The Morgan fingerprint density at radius 2 is 2.30 bits per heavy atom. The van der Waals surface area contributed by atoms with Gasteiger partial charge < -0.3 is 20.1 Å². The largest absolute Gasteiger partial charge is 0.505 e. The van der Waals surface area contributed by atoms with Crippen molar-refractivity contribution in [3.8, 4) is 5.75 Å². The summed E-state index contributed by atoms with van der Waals surface area (Å²) in [7, 11) is 2.00. The second kappa shape index (κ2) is 9.92. The van der Waals surface area contributed by atoms with Crippen molar-refractivity contribution < 1.29 is 14.2 Å². The highest BCUT2D eigenvalue weighted by atomic mass is 127. The summed E-state index contributed by atoms with van der Waals surface area (Å²) in [6.45, 7) is 5.67. The lowest BCUT2D eigenvalue weighted by Gasteiger charge is -2.24. The maximum absolute atomic E-state index is 13.3. The van der Waals surface area contributed by atoms with Gasteiger partial charge in [0.2, 0.25) is 0 Å². The molecule has 0 aromatic heterocycles. The van der Waals surface area contributed by atoms with Crippen LogP contribution in [0, 0.1) is 11.7 Å². The van der Waals surface area contributed by atoms with Crippen LogP contribution >= 0.6 is 24.0 Å². The van der Waals surface area contributed by atoms with E-state index in [1.165, 1.54) is 12.1 Å². The van der Waals surface area contributed by atoms with Gasteiger partial charge in [-0.1, -0.05) is 6.07 Å². The Morgan fingerprint density at radius 3 is 2.91 bits per heavy atom. The number of rotatable bonds is 5. The molecular formula is C16H25FIN3O2. The fourth-order valence-corrected chi connectivity index (χ4v) is 2.49. The number of hydrogen-bond acceptors (Lipinski definition) is 3. The molecule has 0 radical (unpaired) electrons. The molecule has 1 aromatic carbocycles. The molecule has 0 spiro atoms. The van der Waals surface area contributed by atoms with Crippen LogP contribution in [0.2, 0.25) is 0 Å². The van der Waals surface area contributed by atoms with Gasteiger partial charge in [0.15, 0.2) is 17.5 Å². The number of halogens is 2. The van der Waals surface area contributed by atoms with Crippen LogP contribution in [0.4, 0.5) is 4.39 Å². The molecule has 130 valence electrons. The predicted octanol–water partition coefficient (Wildman–Crippen LogP) is 2.58. The molecule has 2 N–H and O–H groups in total. The van der Waals surface area contributed by atoms with Crippen LogP contribution in [0.1, 0.15) is 18.9 Å². The first-order chi connectivity index (χ1) is 10.6. The normalized spacial score (nSPS) is 17.7. The zero-order valence-electron chi connectivity index (χ0n) is 13.6. The molecular weight excluding hydrogens is 412 g/mol. The van der Waals surface area contributed by atoms with E-state index in [-0.39, 0.29) is 29.7 Å². The number of aromatic hydroxyl groups is 1. The van der Waals surface area contributed by atoms with Gasteiger partial charge >= 0.3 is 0 Å². The molecule has 5 nitrogen and oxygen atoms in total. The summed E-state index contributed by atoms with van der Waals surface area (Å²) in [5.41, 5.74) is 0.725. The van der Waals surface area contributed by atoms with Gasteiger partial charge in [-0.3, -0.25) is 0 Å². The van der Waals surface area contributed by atoms with Crippen molar-refractivity contribution in [3.63, 3.8) is 0 Å². The molecule has 1 saturated heterocycles. The summed E-state index contributed by atoms with van der Waals surface area (Å²) >= 11 is 0. The van der Waals surface area contributed by atoms with Crippen LogP contribution in [0.3, 0.4) is 0 Å². The first kappa shape index (κ1) is 20.0. The van der Waals surface area contributed by atoms with Gasteiger partial charge in [-0.25, -0.2) is 9.38 Å². The first-order valence-electron chi connectivity index (χ1n) is 7.64. The van der Waals surface area contributed by atoms with Crippen molar-refractivity contribution in [1.29, 1.82) is 0 Å². The van der Waals surface area contributed by atoms with E-state index in [2.05, 4.69) is 15.2 Å². The molecule has 1 unspecified atom stereocenters. The van der Waals surface area contributed by atoms with Crippen LogP contribution in [0.15, 0.2) is 23.2 Å². The van der Waals surface area contributed by atoms with Gasteiger partial charge in [0.25, 0.3) is 0 Å². The lowest BCUT2D eigenvalue weighted by Crippen LogP contribution is -2.41. The topological polar surface area (TPSA) is 57.1 Å². The van der Waals surface area contributed by atoms with E-state index in [0.29, 0.717) is 12.5 Å². The van der Waals surface area contributed by atoms with E-state index in [9.17, 15) is 9.50 Å². The fraction of sp³-hybridized carbons (Fsp3) is 0.562. The van der Waals surface area contributed by atoms with Gasteiger partial charge in [0, 0.05) is 32.7 Å². The maximum atomic E-state index is 13.3. The van der Waals surface area contributed by atoms with Crippen molar-refractivity contribution in [2.24, 2.45) is 10.9 Å².